The van der Waals surface area contributed by atoms with E-state index >= 15 is 0 Å². The van der Waals surface area contributed by atoms with Crippen molar-refractivity contribution < 1.29 is 5.11 Å². The first-order valence-electron chi connectivity index (χ1n) is 4.24. The van der Waals surface area contributed by atoms with Crippen LogP contribution in [0, 0.1) is 0 Å². The van der Waals surface area contributed by atoms with Crippen molar-refractivity contribution >= 4 is 0 Å². The molecule has 0 aliphatic carbocycles. The summed E-state index contributed by atoms with van der Waals surface area (Å²) >= 11 is 0. The highest BCUT2D eigenvalue weighted by molar-refractivity contribution is 5.16. The minimum atomic E-state index is 0.312. The van der Waals surface area contributed by atoms with Crippen molar-refractivity contribution in [2.45, 2.75) is 33.1 Å². The highest BCUT2D eigenvalue weighted by atomic mass is 16.2. The number of aliphatic hydroxyl groups is 1. The Balaban J connectivity index is 3.54. The second-order valence-corrected chi connectivity index (χ2v) is 2.54. The summed E-state index contributed by atoms with van der Waals surface area (Å²) in [5.74, 6) is 0. The predicted octanol–water partition coefficient (Wildman–Crippen LogP) is 2.67. The van der Waals surface area contributed by atoms with E-state index in [4.69, 9.17) is 5.11 Å². The fourth-order valence-corrected chi connectivity index (χ4v) is 0.979. The van der Waals surface area contributed by atoms with Crippen LogP contribution in [-0.2, 0) is 0 Å². The van der Waals surface area contributed by atoms with Crippen LogP contribution in [0.1, 0.15) is 33.1 Å². The summed E-state index contributed by atoms with van der Waals surface area (Å²) < 4.78 is 0. The van der Waals surface area contributed by atoms with Crippen LogP contribution < -0.4 is 0 Å². The molecular formula is C10H18O. The van der Waals surface area contributed by atoms with Crippen LogP contribution in [0.5, 0.6) is 0 Å². The quantitative estimate of drug-likeness (QED) is 0.477. The molecule has 0 spiro atoms. The van der Waals surface area contributed by atoms with Gasteiger partial charge >= 0.3 is 0 Å². The van der Waals surface area contributed by atoms with E-state index in [0.29, 0.717) is 6.61 Å². The molecule has 0 saturated carbocycles. The smallest absolute Gasteiger partial charge is 0.0431 e. The molecule has 0 radical (unpaired) electrons. The van der Waals surface area contributed by atoms with Crippen molar-refractivity contribution in [3.63, 3.8) is 0 Å². The Labute approximate surface area is 69.4 Å². The largest absolute Gasteiger partial charge is 0.396 e. The molecule has 64 valence electrons. The Kier molecular flexibility index (Phi) is 7.16. The number of aliphatic hydroxyl groups excluding tert-OH is 1. The number of allylic oxidation sites excluding steroid dienone is 4. The Morgan fingerprint density at radius 3 is 2.45 bits per heavy atom. The second-order valence-electron chi connectivity index (χ2n) is 2.54. The molecule has 0 amide bonds. The maximum Gasteiger partial charge on any atom is 0.0431 e. The summed E-state index contributed by atoms with van der Waals surface area (Å²) in [6.07, 6.45) is 9.37. The minimum absolute atomic E-state index is 0.312. The van der Waals surface area contributed by atoms with Crippen molar-refractivity contribution in [2.24, 2.45) is 0 Å². The molecule has 1 heteroatoms. The van der Waals surface area contributed by atoms with Crippen molar-refractivity contribution in [1.29, 1.82) is 0 Å². The van der Waals surface area contributed by atoms with Gasteiger partial charge in [0.15, 0.2) is 0 Å². The van der Waals surface area contributed by atoms with Crippen molar-refractivity contribution in [3.8, 4) is 0 Å². The van der Waals surface area contributed by atoms with E-state index in [1.165, 1.54) is 5.57 Å². The lowest BCUT2D eigenvalue weighted by Gasteiger charge is -1.98. The Morgan fingerprint density at radius 2 is 2.00 bits per heavy atom. The highest BCUT2D eigenvalue weighted by Crippen LogP contribution is 2.07. The van der Waals surface area contributed by atoms with E-state index in [9.17, 15) is 0 Å². The third kappa shape index (κ3) is 5.86. The number of unbranched alkanes of at least 4 members (excludes halogenated alkanes) is 1. The van der Waals surface area contributed by atoms with Crippen molar-refractivity contribution in [1.82, 2.24) is 0 Å². The lowest BCUT2D eigenvalue weighted by molar-refractivity contribution is 0.285. The molecule has 11 heavy (non-hydrogen) atoms. The van der Waals surface area contributed by atoms with E-state index in [1.807, 2.05) is 19.9 Å². The van der Waals surface area contributed by atoms with E-state index in [0.717, 1.165) is 19.3 Å². The molecule has 0 atom stereocenters. The van der Waals surface area contributed by atoms with E-state index in [2.05, 4.69) is 12.2 Å². The zero-order valence-corrected chi connectivity index (χ0v) is 7.51. The molecule has 0 bridgehead atoms. The van der Waals surface area contributed by atoms with Gasteiger partial charge in [-0.25, -0.2) is 0 Å². The van der Waals surface area contributed by atoms with Gasteiger partial charge in [-0.15, -0.1) is 0 Å². The topological polar surface area (TPSA) is 20.2 Å². The van der Waals surface area contributed by atoms with Gasteiger partial charge in [-0.3, -0.25) is 0 Å². The number of hydrogen-bond acceptors (Lipinski definition) is 1. The lowest BCUT2D eigenvalue weighted by Crippen LogP contribution is -1.84. The summed E-state index contributed by atoms with van der Waals surface area (Å²) in [6, 6.07) is 0. The monoisotopic (exact) mass is 154 g/mol. The molecule has 0 aromatic rings. The molecule has 0 aliphatic rings. The highest BCUT2D eigenvalue weighted by Gasteiger charge is 1.90. The van der Waals surface area contributed by atoms with Gasteiger partial charge in [0, 0.05) is 6.61 Å². The number of rotatable bonds is 5. The van der Waals surface area contributed by atoms with Gasteiger partial charge in [-0.2, -0.15) is 0 Å². The second kappa shape index (κ2) is 7.55. The van der Waals surface area contributed by atoms with E-state index in [1.54, 1.807) is 0 Å². The standard InChI is InChI=1S/C10H18O/c1-3-7-10(4-2)8-5-6-9-11/h3-4,7,11H,5-6,8-9H2,1-2H3/b7-3-,10-4+. The fourth-order valence-electron chi connectivity index (χ4n) is 0.979. The van der Waals surface area contributed by atoms with Gasteiger partial charge in [0.25, 0.3) is 0 Å². The first kappa shape index (κ1) is 10.4. The van der Waals surface area contributed by atoms with Crippen LogP contribution in [0.2, 0.25) is 0 Å². The lowest BCUT2D eigenvalue weighted by atomic mass is 10.1. The average molecular weight is 154 g/mol. The third-order valence-electron chi connectivity index (χ3n) is 1.63. The zero-order valence-electron chi connectivity index (χ0n) is 7.51. The molecule has 0 rings (SSSR count). The summed E-state index contributed by atoms with van der Waals surface area (Å²) in [6.45, 7) is 4.39. The molecule has 0 aromatic carbocycles. The molecular weight excluding hydrogens is 136 g/mol. The van der Waals surface area contributed by atoms with Crippen molar-refractivity contribution in [3.05, 3.63) is 23.8 Å². The SMILES string of the molecule is C/C=C\C(=C/C)CCCCO. The van der Waals surface area contributed by atoms with E-state index in [-0.39, 0.29) is 0 Å². The van der Waals surface area contributed by atoms with Crippen LogP contribution in [-0.4, -0.2) is 11.7 Å². The summed E-state index contributed by atoms with van der Waals surface area (Å²) in [4.78, 5) is 0. The van der Waals surface area contributed by atoms with Gasteiger partial charge < -0.3 is 5.11 Å². The maximum absolute atomic E-state index is 8.54. The molecule has 0 aromatic heterocycles. The van der Waals surface area contributed by atoms with Crippen LogP contribution in [0.3, 0.4) is 0 Å². The molecule has 0 fully saturated rings. The van der Waals surface area contributed by atoms with Gasteiger partial charge in [0.05, 0.1) is 0 Å². The molecule has 0 saturated heterocycles. The molecule has 0 heterocycles. The maximum atomic E-state index is 8.54. The first-order valence-corrected chi connectivity index (χ1v) is 4.24. The first-order chi connectivity index (χ1) is 5.35. The number of hydrogen-bond donors (Lipinski definition) is 1. The normalized spacial score (nSPS) is 12.8. The zero-order chi connectivity index (χ0) is 8.53. The van der Waals surface area contributed by atoms with Gasteiger partial charge in [-0.1, -0.05) is 23.8 Å². The van der Waals surface area contributed by atoms with Crippen molar-refractivity contribution in [2.75, 3.05) is 6.61 Å². The van der Waals surface area contributed by atoms with Crippen LogP contribution in [0.4, 0.5) is 0 Å². The Hall–Kier alpha value is -0.560. The predicted molar refractivity (Wildman–Crippen MR) is 49.5 cm³/mol. The molecule has 1 N–H and O–H groups in total. The van der Waals surface area contributed by atoms with Gasteiger partial charge in [-0.05, 0) is 33.1 Å². The fraction of sp³-hybridized carbons (Fsp3) is 0.600. The molecule has 0 aliphatic heterocycles. The van der Waals surface area contributed by atoms with Gasteiger partial charge in [0.1, 0.15) is 0 Å². The minimum Gasteiger partial charge on any atom is -0.396 e. The molecule has 1 nitrogen and oxygen atoms in total. The van der Waals surface area contributed by atoms with Crippen LogP contribution >= 0.6 is 0 Å². The average Bonchev–Trinajstić information content (AvgIpc) is 2.03. The van der Waals surface area contributed by atoms with E-state index < -0.39 is 0 Å². The summed E-state index contributed by atoms with van der Waals surface area (Å²) in [5, 5.41) is 8.54. The van der Waals surface area contributed by atoms with Crippen LogP contribution in [0.15, 0.2) is 23.8 Å². The van der Waals surface area contributed by atoms with Crippen LogP contribution in [0.25, 0.3) is 0 Å². The Morgan fingerprint density at radius 1 is 1.27 bits per heavy atom. The summed E-state index contributed by atoms with van der Waals surface area (Å²) in [5.41, 5.74) is 1.36. The van der Waals surface area contributed by atoms with Gasteiger partial charge in [0.2, 0.25) is 0 Å². The third-order valence-corrected chi connectivity index (χ3v) is 1.63. The molecule has 0 unspecified atom stereocenters. The summed E-state index contributed by atoms with van der Waals surface area (Å²) in [7, 11) is 0. The Bertz CT molecular complexity index is 134.